The molecule has 0 spiro atoms. The number of aromatic hydroxyl groups is 1. The van der Waals surface area contributed by atoms with Gasteiger partial charge in [-0.05, 0) is 24.3 Å². The predicted molar refractivity (Wildman–Crippen MR) is 135 cm³/mol. The van der Waals surface area contributed by atoms with Crippen LogP contribution in [0.4, 0.5) is 8.78 Å². The molecular weight excluding hydrogens is 489 g/mol. The molecule has 4 rings (SSSR count). The molecule has 2 atom stereocenters. The zero-order valence-electron chi connectivity index (χ0n) is 19.9. The first-order valence-electron chi connectivity index (χ1n) is 11.6. The molecular formula is C25H33F2N4O4P. The average molecular weight is 523 g/mol. The van der Waals surface area contributed by atoms with Gasteiger partial charge in [-0.1, -0.05) is 34.3 Å². The number of aromatic nitrogens is 1. The Kier molecular flexibility index (Phi) is 8.52. The van der Waals surface area contributed by atoms with Gasteiger partial charge in [0.1, 0.15) is 17.2 Å². The maximum Gasteiger partial charge on any atom is 0.278 e. The summed E-state index contributed by atoms with van der Waals surface area (Å²) in [5.41, 5.74) is -1.37. The zero-order chi connectivity index (χ0) is 25.4. The van der Waals surface area contributed by atoms with Gasteiger partial charge >= 0.3 is 0 Å². The number of carbonyl (C=O) groups excluding carboxylic acids is 2. The van der Waals surface area contributed by atoms with Gasteiger partial charge in [0.15, 0.2) is 11.4 Å². The highest BCUT2D eigenvalue weighted by atomic mass is 31.1. The first kappa shape index (κ1) is 27.7. The van der Waals surface area contributed by atoms with E-state index in [0.717, 1.165) is 25.6 Å². The Morgan fingerprint density at radius 1 is 1.28 bits per heavy atom. The van der Waals surface area contributed by atoms with Gasteiger partial charge in [0.05, 0.1) is 14.5 Å². The third kappa shape index (κ3) is 5.44. The Morgan fingerprint density at radius 2 is 2.00 bits per heavy atom. The monoisotopic (exact) mass is 522 g/mol. The van der Waals surface area contributed by atoms with E-state index < -0.39 is 42.9 Å². The summed E-state index contributed by atoms with van der Waals surface area (Å²) >= 11 is 0. The molecule has 11 heteroatoms. The van der Waals surface area contributed by atoms with Crippen LogP contribution in [-0.2, 0) is 12.8 Å². The lowest BCUT2D eigenvalue weighted by atomic mass is 10.1. The molecule has 2 amide bonds. The number of carbonyl (C=O) groups is 2. The molecule has 2 aliphatic heterocycles. The quantitative estimate of drug-likeness (QED) is 0.577. The lowest BCUT2D eigenvalue weighted by molar-refractivity contribution is 0.0833. The summed E-state index contributed by atoms with van der Waals surface area (Å²) in [5, 5.41) is 13.1. The highest BCUT2D eigenvalue weighted by Gasteiger charge is 2.41. The van der Waals surface area contributed by atoms with E-state index in [1.807, 2.05) is 0 Å². The van der Waals surface area contributed by atoms with Crippen molar-refractivity contribution < 1.29 is 23.5 Å². The van der Waals surface area contributed by atoms with E-state index in [2.05, 4.69) is 30.8 Å². The highest BCUT2D eigenvalue weighted by Crippen LogP contribution is 2.52. The fourth-order valence-electron chi connectivity index (χ4n) is 4.46. The SMILES string of the molecule is C.CC(C)CN1CC(C)CCN2C(=O)c3c(O)c(=O)c(C(=O)NCc4ccc(F)cc4F)cn3CP12. The standard InChI is InChI=1S/C24H29F2N4O4P.CH4/c1-14(2)10-29-11-15(3)6-7-30-24(34)20-22(32)21(31)18(12-28(20)13-35(29)30)23(33)27-9-16-4-5-17(25)8-19(16)26;/h4-5,8,12,14-15,32H,6-7,9-11,13H2,1-3H3,(H,27,33);1H4. The maximum atomic E-state index is 13.9. The predicted octanol–water partition coefficient (Wildman–Crippen LogP) is 4.12. The van der Waals surface area contributed by atoms with Gasteiger partial charge in [0.25, 0.3) is 11.8 Å². The Hall–Kier alpha value is -2.84. The molecule has 1 fully saturated rings. The van der Waals surface area contributed by atoms with Crippen LogP contribution in [0.15, 0.2) is 29.2 Å². The minimum atomic E-state index is -1.08. The van der Waals surface area contributed by atoms with Crippen molar-refractivity contribution in [3.63, 3.8) is 0 Å². The van der Waals surface area contributed by atoms with Crippen LogP contribution in [-0.4, -0.2) is 50.5 Å². The van der Waals surface area contributed by atoms with Crippen LogP contribution in [0.25, 0.3) is 0 Å². The summed E-state index contributed by atoms with van der Waals surface area (Å²) in [6.07, 6.45) is 2.48. The highest BCUT2D eigenvalue weighted by molar-refractivity contribution is 7.52. The van der Waals surface area contributed by atoms with Crippen molar-refractivity contribution in [3.8, 4) is 5.75 Å². The van der Waals surface area contributed by atoms with Crippen LogP contribution in [0, 0.1) is 23.5 Å². The number of nitrogens with zero attached hydrogens (tertiary/aromatic N) is 3. The van der Waals surface area contributed by atoms with Crippen molar-refractivity contribution >= 4 is 20.0 Å². The van der Waals surface area contributed by atoms with Crippen LogP contribution in [0.2, 0.25) is 0 Å². The second kappa shape index (κ2) is 11.0. The number of benzene rings is 1. The topological polar surface area (TPSA) is 94.9 Å². The molecule has 1 saturated heterocycles. The third-order valence-corrected chi connectivity index (χ3v) is 8.68. The second-order valence-corrected chi connectivity index (χ2v) is 11.6. The van der Waals surface area contributed by atoms with Gasteiger partial charge in [-0.25, -0.2) is 8.78 Å². The fourth-order valence-corrected chi connectivity index (χ4v) is 7.23. The molecule has 0 aliphatic carbocycles. The molecule has 1 aromatic heterocycles. The van der Waals surface area contributed by atoms with E-state index in [-0.39, 0.29) is 30.8 Å². The van der Waals surface area contributed by atoms with E-state index in [9.17, 15) is 28.3 Å². The van der Waals surface area contributed by atoms with Crippen molar-refractivity contribution in [2.75, 3.05) is 19.6 Å². The van der Waals surface area contributed by atoms with Crippen LogP contribution in [0.5, 0.6) is 5.75 Å². The molecule has 36 heavy (non-hydrogen) atoms. The molecule has 2 unspecified atom stereocenters. The van der Waals surface area contributed by atoms with Crippen LogP contribution < -0.4 is 10.7 Å². The van der Waals surface area contributed by atoms with Gasteiger partial charge in [-0.2, -0.15) is 0 Å². The summed E-state index contributed by atoms with van der Waals surface area (Å²) < 4.78 is 32.6. The zero-order valence-corrected chi connectivity index (χ0v) is 20.8. The van der Waals surface area contributed by atoms with Crippen molar-refractivity contribution in [1.29, 1.82) is 0 Å². The van der Waals surface area contributed by atoms with Gasteiger partial charge in [-0.3, -0.25) is 19.1 Å². The van der Waals surface area contributed by atoms with Crippen molar-refractivity contribution in [2.45, 2.75) is 47.4 Å². The summed E-state index contributed by atoms with van der Waals surface area (Å²) in [7, 11) is -1.08. The Bertz CT molecular complexity index is 1220. The van der Waals surface area contributed by atoms with E-state index in [1.54, 1.807) is 4.67 Å². The number of hydrogen-bond donors (Lipinski definition) is 2. The number of nitrogens with one attached hydrogen (secondary N) is 1. The lowest BCUT2D eigenvalue weighted by Gasteiger charge is -2.42. The first-order valence-corrected chi connectivity index (χ1v) is 13.0. The molecule has 2 aromatic rings. The summed E-state index contributed by atoms with van der Waals surface area (Å²) in [6.45, 7) is 8.29. The van der Waals surface area contributed by atoms with Crippen LogP contribution in [0.1, 0.15) is 61.0 Å². The van der Waals surface area contributed by atoms with E-state index >= 15 is 0 Å². The Morgan fingerprint density at radius 3 is 2.67 bits per heavy atom. The van der Waals surface area contributed by atoms with Gasteiger partial charge in [0, 0.05) is 44.0 Å². The average Bonchev–Trinajstić information content (AvgIpc) is 2.93. The number of halogens is 2. The summed E-state index contributed by atoms with van der Waals surface area (Å²) in [4.78, 5) is 39.0. The summed E-state index contributed by atoms with van der Waals surface area (Å²) in [6, 6.07) is 2.98. The first-order chi connectivity index (χ1) is 16.6. The number of rotatable bonds is 5. The van der Waals surface area contributed by atoms with E-state index in [4.69, 9.17) is 0 Å². The molecule has 8 nitrogen and oxygen atoms in total. The smallest absolute Gasteiger partial charge is 0.278 e. The summed E-state index contributed by atoms with van der Waals surface area (Å²) in [5.74, 6) is -2.79. The molecule has 2 N–H and O–H groups in total. The van der Waals surface area contributed by atoms with E-state index in [0.29, 0.717) is 30.7 Å². The second-order valence-electron chi connectivity index (χ2n) is 9.56. The molecule has 1 aromatic carbocycles. The number of pyridine rings is 1. The molecule has 2 aliphatic rings. The number of fused-ring (bicyclic) bond motifs is 2. The molecule has 3 heterocycles. The normalized spacial score (nSPS) is 19.8. The number of amides is 2. The lowest BCUT2D eigenvalue weighted by Crippen LogP contribution is -2.41. The Labute approximate surface area is 210 Å². The molecule has 0 radical (unpaired) electrons. The molecule has 196 valence electrons. The molecule has 0 saturated carbocycles. The van der Waals surface area contributed by atoms with Crippen molar-refractivity contribution in [1.82, 2.24) is 19.2 Å². The largest absolute Gasteiger partial charge is 0.503 e. The minimum Gasteiger partial charge on any atom is -0.503 e. The molecule has 0 bridgehead atoms. The van der Waals surface area contributed by atoms with Crippen molar-refractivity contribution in [3.05, 3.63) is 63.1 Å². The van der Waals surface area contributed by atoms with Gasteiger partial charge < -0.3 is 19.7 Å². The van der Waals surface area contributed by atoms with Crippen LogP contribution in [0.3, 0.4) is 0 Å². The number of hydrogen-bond acceptors (Lipinski definition) is 5. The van der Waals surface area contributed by atoms with Crippen molar-refractivity contribution in [2.24, 2.45) is 11.8 Å². The van der Waals surface area contributed by atoms with E-state index in [1.165, 1.54) is 16.8 Å². The third-order valence-electron chi connectivity index (χ3n) is 6.21. The van der Waals surface area contributed by atoms with Gasteiger partial charge in [-0.15, -0.1) is 0 Å². The minimum absolute atomic E-state index is 0. The Balaban J connectivity index is 0.00000361. The fraction of sp³-hybridized carbons (Fsp3) is 0.480. The maximum absolute atomic E-state index is 13.9. The van der Waals surface area contributed by atoms with Gasteiger partial charge in [0.2, 0.25) is 5.43 Å². The van der Waals surface area contributed by atoms with Crippen LogP contribution >= 0.6 is 8.22 Å².